The van der Waals surface area contributed by atoms with Gasteiger partial charge in [0.2, 0.25) is 0 Å². The molecule has 0 unspecified atom stereocenters. The minimum absolute atomic E-state index is 0.491. The van der Waals surface area contributed by atoms with Crippen LogP contribution in [0, 0.1) is 5.92 Å². The zero-order chi connectivity index (χ0) is 14.5. The molecule has 1 heterocycles. The molecular formula is C18H21ClN2. The summed E-state index contributed by atoms with van der Waals surface area (Å²) in [5.74, 6) is 0.597. The summed E-state index contributed by atoms with van der Waals surface area (Å²) in [5, 5.41) is 7.97. The topological polar surface area (TPSA) is 24.1 Å². The molecule has 3 rings (SSSR count). The van der Waals surface area contributed by atoms with E-state index >= 15 is 0 Å². The Balaban J connectivity index is 1.69. The lowest BCUT2D eigenvalue weighted by Crippen LogP contribution is -2.44. The van der Waals surface area contributed by atoms with Gasteiger partial charge in [0.15, 0.2) is 0 Å². The van der Waals surface area contributed by atoms with Gasteiger partial charge in [-0.15, -0.1) is 0 Å². The molecule has 0 bridgehead atoms. The lowest BCUT2D eigenvalue weighted by Gasteiger charge is -2.33. The molecule has 1 saturated heterocycles. The third-order valence-electron chi connectivity index (χ3n) is 4.13. The fraction of sp³-hybridized carbons (Fsp3) is 0.333. The first kappa shape index (κ1) is 14.4. The lowest BCUT2D eigenvalue weighted by atomic mass is 9.87. The Morgan fingerprint density at radius 2 is 1.95 bits per heavy atom. The molecule has 0 radical (unpaired) electrons. The largest absolute Gasteiger partial charge is 0.382 e. The molecule has 0 amide bonds. The van der Waals surface area contributed by atoms with Crippen molar-refractivity contribution in [1.29, 1.82) is 0 Å². The maximum absolute atomic E-state index is 6.08. The fourth-order valence-electron chi connectivity index (χ4n) is 3.04. The molecule has 21 heavy (non-hydrogen) atoms. The number of nitrogens with one attached hydrogen (secondary N) is 2. The number of benzene rings is 2. The average Bonchev–Trinajstić information content (AvgIpc) is 2.50. The van der Waals surface area contributed by atoms with Crippen LogP contribution in [0.1, 0.15) is 12.0 Å². The number of hydrogen-bond acceptors (Lipinski definition) is 2. The molecule has 3 heteroatoms. The zero-order valence-corrected chi connectivity index (χ0v) is 12.8. The quantitative estimate of drug-likeness (QED) is 0.893. The second kappa shape index (κ2) is 6.97. The Bertz CT molecular complexity index is 570. The average molecular weight is 301 g/mol. The van der Waals surface area contributed by atoms with Gasteiger partial charge in [0.25, 0.3) is 0 Å². The SMILES string of the molecule is Clc1cccc(N[C@H]2CCNC[C@H]2Cc2ccccc2)c1. The normalized spacial score (nSPS) is 22.0. The van der Waals surface area contributed by atoms with Crippen molar-refractivity contribution in [3.8, 4) is 0 Å². The predicted molar refractivity (Wildman–Crippen MR) is 90.0 cm³/mol. The van der Waals surface area contributed by atoms with E-state index < -0.39 is 0 Å². The van der Waals surface area contributed by atoms with Crippen LogP contribution in [0.15, 0.2) is 54.6 Å². The fourth-order valence-corrected chi connectivity index (χ4v) is 3.23. The monoisotopic (exact) mass is 300 g/mol. The van der Waals surface area contributed by atoms with E-state index in [0.29, 0.717) is 12.0 Å². The van der Waals surface area contributed by atoms with Gasteiger partial charge >= 0.3 is 0 Å². The first-order chi connectivity index (χ1) is 10.3. The van der Waals surface area contributed by atoms with Crippen LogP contribution < -0.4 is 10.6 Å². The van der Waals surface area contributed by atoms with Crippen molar-refractivity contribution in [3.05, 3.63) is 65.2 Å². The molecular weight excluding hydrogens is 280 g/mol. The van der Waals surface area contributed by atoms with Gasteiger partial charge in [-0.1, -0.05) is 48.0 Å². The molecule has 110 valence electrons. The minimum Gasteiger partial charge on any atom is -0.382 e. The van der Waals surface area contributed by atoms with Crippen LogP contribution in [0.4, 0.5) is 5.69 Å². The van der Waals surface area contributed by atoms with Gasteiger partial charge in [-0.2, -0.15) is 0 Å². The highest BCUT2D eigenvalue weighted by atomic mass is 35.5. The summed E-state index contributed by atoms with van der Waals surface area (Å²) in [6.45, 7) is 2.14. The van der Waals surface area contributed by atoms with E-state index in [1.165, 1.54) is 5.56 Å². The summed E-state index contributed by atoms with van der Waals surface area (Å²) in [6, 6.07) is 19.2. The molecule has 2 N–H and O–H groups in total. The van der Waals surface area contributed by atoms with Gasteiger partial charge in [-0.25, -0.2) is 0 Å². The third-order valence-corrected chi connectivity index (χ3v) is 4.36. The number of anilines is 1. The second-order valence-electron chi connectivity index (χ2n) is 5.70. The van der Waals surface area contributed by atoms with Gasteiger partial charge in [0.1, 0.15) is 0 Å². The highest BCUT2D eigenvalue weighted by Crippen LogP contribution is 2.23. The lowest BCUT2D eigenvalue weighted by molar-refractivity contribution is 0.342. The summed E-state index contributed by atoms with van der Waals surface area (Å²) in [5.41, 5.74) is 2.52. The van der Waals surface area contributed by atoms with Crippen molar-refractivity contribution in [3.63, 3.8) is 0 Å². The van der Waals surface area contributed by atoms with Gasteiger partial charge < -0.3 is 10.6 Å². The second-order valence-corrected chi connectivity index (χ2v) is 6.14. The summed E-state index contributed by atoms with van der Waals surface area (Å²) >= 11 is 6.08. The molecule has 1 aliphatic rings. The molecule has 0 aromatic heterocycles. The molecule has 1 fully saturated rings. The van der Waals surface area contributed by atoms with E-state index in [0.717, 1.165) is 36.6 Å². The van der Waals surface area contributed by atoms with Crippen LogP contribution in [0.3, 0.4) is 0 Å². The Hall–Kier alpha value is -1.51. The molecule has 1 aliphatic heterocycles. The van der Waals surface area contributed by atoms with E-state index in [9.17, 15) is 0 Å². The summed E-state index contributed by atoms with van der Waals surface area (Å²) in [6.07, 6.45) is 2.25. The van der Waals surface area contributed by atoms with Gasteiger partial charge in [-0.3, -0.25) is 0 Å². The highest BCUT2D eigenvalue weighted by molar-refractivity contribution is 6.30. The van der Waals surface area contributed by atoms with E-state index in [4.69, 9.17) is 11.6 Å². The summed E-state index contributed by atoms with van der Waals surface area (Å²) in [4.78, 5) is 0. The molecule has 2 atom stereocenters. The smallest absolute Gasteiger partial charge is 0.0426 e. The number of piperidine rings is 1. The third kappa shape index (κ3) is 3.99. The van der Waals surface area contributed by atoms with E-state index in [1.807, 2.05) is 18.2 Å². The molecule has 0 aliphatic carbocycles. The molecule has 2 aromatic carbocycles. The molecule has 0 spiro atoms. The van der Waals surface area contributed by atoms with Crippen molar-refractivity contribution in [1.82, 2.24) is 5.32 Å². The van der Waals surface area contributed by atoms with Crippen LogP contribution in [0.2, 0.25) is 5.02 Å². The maximum Gasteiger partial charge on any atom is 0.0426 e. The van der Waals surface area contributed by atoms with Crippen molar-refractivity contribution < 1.29 is 0 Å². The van der Waals surface area contributed by atoms with Crippen LogP contribution >= 0.6 is 11.6 Å². The first-order valence-corrected chi connectivity index (χ1v) is 7.96. The maximum atomic E-state index is 6.08. The van der Waals surface area contributed by atoms with Gasteiger partial charge in [0, 0.05) is 23.3 Å². The van der Waals surface area contributed by atoms with Crippen molar-refractivity contribution >= 4 is 17.3 Å². The van der Waals surface area contributed by atoms with Crippen LogP contribution in [0.5, 0.6) is 0 Å². The van der Waals surface area contributed by atoms with Crippen molar-refractivity contribution in [2.24, 2.45) is 5.92 Å². The molecule has 0 saturated carbocycles. The number of halogens is 1. The van der Waals surface area contributed by atoms with E-state index in [2.05, 4.69) is 47.0 Å². The number of rotatable bonds is 4. The molecule has 2 aromatic rings. The standard InChI is InChI=1S/C18H21ClN2/c19-16-7-4-8-17(12-16)21-18-9-10-20-13-15(18)11-14-5-2-1-3-6-14/h1-8,12,15,18,20-21H,9-11,13H2/t15-,18+/m1/s1. The summed E-state index contributed by atoms with van der Waals surface area (Å²) < 4.78 is 0. The number of hydrogen-bond donors (Lipinski definition) is 2. The van der Waals surface area contributed by atoms with Crippen molar-refractivity contribution in [2.45, 2.75) is 18.9 Å². The zero-order valence-electron chi connectivity index (χ0n) is 12.1. The van der Waals surface area contributed by atoms with E-state index in [-0.39, 0.29) is 0 Å². The summed E-state index contributed by atoms with van der Waals surface area (Å²) in [7, 11) is 0. The van der Waals surface area contributed by atoms with Gasteiger partial charge in [0.05, 0.1) is 0 Å². The Morgan fingerprint density at radius 1 is 1.10 bits per heavy atom. The first-order valence-electron chi connectivity index (χ1n) is 7.58. The van der Waals surface area contributed by atoms with Crippen LogP contribution in [-0.2, 0) is 6.42 Å². The van der Waals surface area contributed by atoms with Crippen LogP contribution in [0.25, 0.3) is 0 Å². The Kier molecular flexibility index (Phi) is 4.79. The van der Waals surface area contributed by atoms with Crippen molar-refractivity contribution in [2.75, 3.05) is 18.4 Å². The molecule has 2 nitrogen and oxygen atoms in total. The van der Waals surface area contributed by atoms with E-state index in [1.54, 1.807) is 0 Å². The van der Waals surface area contributed by atoms with Crippen LogP contribution in [-0.4, -0.2) is 19.1 Å². The Labute approximate surface area is 131 Å². The predicted octanol–water partition coefficient (Wildman–Crippen LogP) is 3.97. The minimum atomic E-state index is 0.491. The highest BCUT2D eigenvalue weighted by Gasteiger charge is 2.24. The van der Waals surface area contributed by atoms with Gasteiger partial charge in [-0.05, 0) is 49.1 Å². The Morgan fingerprint density at radius 3 is 2.76 bits per heavy atom.